The van der Waals surface area contributed by atoms with Gasteiger partial charge in [-0.05, 0) is 12.0 Å². The fourth-order valence-corrected chi connectivity index (χ4v) is 2.25. The second kappa shape index (κ2) is 6.07. The predicted octanol–water partition coefficient (Wildman–Crippen LogP) is 1.84. The molecule has 0 saturated heterocycles. The summed E-state index contributed by atoms with van der Waals surface area (Å²) in [7, 11) is 0. The molecule has 0 saturated carbocycles. The van der Waals surface area contributed by atoms with Crippen LogP contribution in [0.25, 0.3) is 22.3 Å². The Morgan fingerprint density at radius 2 is 1.95 bits per heavy atom. The summed E-state index contributed by atoms with van der Waals surface area (Å²) < 4.78 is 0. The van der Waals surface area contributed by atoms with Crippen LogP contribution in [0.5, 0.6) is 0 Å². The minimum Gasteiger partial charge on any atom is -0.394 e. The zero-order valence-electron chi connectivity index (χ0n) is 12.5. The third-order valence-electron chi connectivity index (χ3n) is 3.62. The lowest BCUT2D eigenvalue weighted by molar-refractivity contribution is 0.249. The lowest BCUT2D eigenvalue weighted by atomic mass is 10.1. The van der Waals surface area contributed by atoms with Gasteiger partial charge >= 0.3 is 0 Å². The van der Waals surface area contributed by atoms with Crippen LogP contribution in [-0.4, -0.2) is 42.7 Å². The molecule has 0 unspecified atom stereocenters. The number of aliphatic hydroxyl groups is 1. The van der Waals surface area contributed by atoms with E-state index in [1.807, 2.05) is 6.07 Å². The van der Waals surface area contributed by atoms with E-state index in [9.17, 15) is 5.11 Å². The second-order valence-corrected chi connectivity index (χ2v) is 5.47. The van der Waals surface area contributed by atoms with Gasteiger partial charge in [0.15, 0.2) is 0 Å². The Hall–Kier alpha value is -2.54. The van der Waals surface area contributed by atoms with E-state index in [4.69, 9.17) is 0 Å². The summed E-state index contributed by atoms with van der Waals surface area (Å²) in [6, 6.07) is 1.90. The number of aromatic nitrogens is 5. The summed E-state index contributed by atoms with van der Waals surface area (Å²) in [6.07, 6.45) is 6.47. The molecule has 3 heterocycles. The molecule has 1 atom stereocenters. The van der Waals surface area contributed by atoms with Gasteiger partial charge in [0.1, 0.15) is 24.1 Å². The molecule has 0 radical (unpaired) electrons. The molecular weight excluding hydrogens is 280 g/mol. The molecule has 0 amide bonds. The lowest BCUT2D eigenvalue weighted by Gasteiger charge is -2.20. The van der Waals surface area contributed by atoms with Crippen molar-refractivity contribution >= 4 is 16.9 Å². The standard InChI is InChI=1S/C15H18N6O/c1-9(2)13(6-22)21-15-11-3-12(10-4-16-7-17-5-10)20-14(11)18-8-19-15/h3-5,7-9,13,22H,6H2,1-2H3,(H2,18,19,20,21)/t13-/m0/s1. The van der Waals surface area contributed by atoms with Gasteiger partial charge in [0, 0.05) is 18.0 Å². The Bertz CT molecular complexity index is 755. The number of fused-ring (bicyclic) bond motifs is 1. The van der Waals surface area contributed by atoms with Crippen LogP contribution in [0, 0.1) is 5.92 Å². The van der Waals surface area contributed by atoms with Crippen molar-refractivity contribution in [2.75, 3.05) is 11.9 Å². The monoisotopic (exact) mass is 298 g/mol. The maximum absolute atomic E-state index is 9.48. The molecule has 0 spiro atoms. The number of hydrogen-bond donors (Lipinski definition) is 3. The average Bonchev–Trinajstić information content (AvgIpc) is 2.98. The normalized spacial score (nSPS) is 12.7. The number of nitrogens with zero attached hydrogens (tertiary/aromatic N) is 4. The van der Waals surface area contributed by atoms with Crippen molar-refractivity contribution in [3.63, 3.8) is 0 Å². The van der Waals surface area contributed by atoms with Crippen molar-refractivity contribution in [1.82, 2.24) is 24.9 Å². The van der Waals surface area contributed by atoms with Crippen LogP contribution in [0.2, 0.25) is 0 Å². The summed E-state index contributed by atoms with van der Waals surface area (Å²) >= 11 is 0. The van der Waals surface area contributed by atoms with Crippen LogP contribution in [0.3, 0.4) is 0 Å². The first-order chi connectivity index (χ1) is 10.7. The zero-order chi connectivity index (χ0) is 15.5. The topological polar surface area (TPSA) is 99.6 Å². The third-order valence-corrected chi connectivity index (χ3v) is 3.62. The molecular formula is C15H18N6O. The predicted molar refractivity (Wildman–Crippen MR) is 84.2 cm³/mol. The van der Waals surface area contributed by atoms with Gasteiger partial charge in [-0.25, -0.2) is 19.9 Å². The van der Waals surface area contributed by atoms with Crippen LogP contribution in [0.4, 0.5) is 5.82 Å². The Morgan fingerprint density at radius 3 is 2.64 bits per heavy atom. The molecule has 3 aromatic rings. The smallest absolute Gasteiger partial charge is 0.143 e. The highest BCUT2D eigenvalue weighted by atomic mass is 16.3. The number of H-pyrrole nitrogens is 1. The number of nitrogens with one attached hydrogen (secondary N) is 2. The first-order valence-corrected chi connectivity index (χ1v) is 7.15. The van der Waals surface area contributed by atoms with E-state index < -0.39 is 0 Å². The Labute approximate surface area is 127 Å². The van der Waals surface area contributed by atoms with Gasteiger partial charge in [0.05, 0.1) is 23.7 Å². The molecule has 114 valence electrons. The number of anilines is 1. The van der Waals surface area contributed by atoms with Crippen molar-refractivity contribution in [2.24, 2.45) is 5.92 Å². The summed E-state index contributed by atoms with van der Waals surface area (Å²) in [4.78, 5) is 19.8. The Balaban J connectivity index is 2.00. The van der Waals surface area contributed by atoms with Crippen LogP contribution in [0.15, 0.2) is 31.1 Å². The van der Waals surface area contributed by atoms with Gasteiger partial charge in [0.25, 0.3) is 0 Å². The number of aromatic amines is 1. The van der Waals surface area contributed by atoms with Crippen LogP contribution < -0.4 is 5.32 Å². The molecule has 0 aliphatic heterocycles. The maximum Gasteiger partial charge on any atom is 0.143 e. The number of rotatable bonds is 5. The van der Waals surface area contributed by atoms with E-state index in [1.165, 1.54) is 12.7 Å². The third kappa shape index (κ3) is 2.75. The summed E-state index contributed by atoms with van der Waals surface area (Å²) in [5, 5.41) is 13.6. The molecule has 0 aromatic carbocycles. The van der Waals surface area contributed by atoms with E-state index in [1.54, 1.807) is 12.4 Å². The molecule has 0 bridgehead atoms. The molecule has 3 N–H and O–H groups in total. The lowest BCUT2D eigenvalue weighted by Crippen LogP contribution is -2.29. The SMILES string of the molecule is CC(C)[C@H](CO)Nc1ncnc2[nH]c(-c3cncnc3)cc12. The molecule has 3 aromatic heterocycles. The molecule has 22 heavy (non-hydrogen) atoms. The van der Waals surface area contributed by atoms with Gasteiger partial charge in [-0.15, -0.1) is 0 Å². The maximum atomic E-state index is 9.48. The van der Waals surface area contributed by atoms with Crippen LogP contribution in [0.1, 0.15) is 13.8 Å². The van der Waals surface area contributed by atoms with Crippen molar-refractivity contribution in [3.05, 3.63) is 31.1 Å². The van der Waals surface area contributed by atoms with Gasteiger partial charge in [-0.2, -0.15) is 0 Å². The summed E-state index contributed by atoms with van der Waals surface area (Å²) in [5.41, 5.74) is 2.50. The number of aliphatic hydroxyl groups excluding tert-OH is 1. The van der Waals surface area contributed by atoms with E-state index in [0.29, 0.717) is 5.82 Å². The zero-order valence-corrected chi connectivity index (χ0v) is 12.5. The molecule has 0 fully saturated rings. The Morgan fingerprint density at radius 1 is 1.18 bits per heavy atom. The van der Waals surface area contributed by atoms with E-state index in [-0.39, 0.29) is 18.6 Å². The first-order valence-electron chi connectivity index (χ1n) is 7.15. The highest BCUT2D eigenvalue weighted by molar-refractivity contribution is 5.91. The van der Waals surface area contributed by atoms with Gasteiger partial charge in [-0.1, -0.05) is 13.8 Å². The van der Waals surface area contributed by atoms with E-state index >= 15 is 0 Å². The minimum atomic E-state index is -0.0588. The fraction of sp³-hybridized carbons (Fsp3) is 0.333. The largest absolute Gasteiger partial charge is 0.394 e. The van der Waals surface area contributed by atoms with Crippen molar-refractivity contribution in [1.29, 1.82) is 0 Å². The number of hydrogen-bond acceptors (Lipinski definition) is 6. The highest BCUT2D eigenvalue weighted by Gasteiger charge is 2.16. The molecule has 3 rings (SSSR count). The molecule has 7 nitrogen and oxygen atoms in total. The quantitative estimate of drug-likeness (QED) is 0.664. The van der Waals surface area contributed by atoms with Crippen molar-refractivity contribution < 1.29 is 5.11 Å². The minimum absolute atomic E-state index is 0.0486. The van der Waals surface area contributed by atoms with Crippen LogP contribution in [-0.2, 0) is 0 Å². The molecule has 0 aliphatic rings. The fourth-order valence-electron chi connectivity index (χ4n) is 2.25. The van der Waals surface area contributed by atoms with E-state index in [2.05, 4.69) is 44.1 Å². The van der Waals surface area contributed by atoms with Gasteiger partial charge < -0.3 is 15.4 Å². The first kappa shape index (κ1) is 14.4. The highest BCUT2D eigenvalue weighted by Crippen LogP contribution is 2.26. The average molecular weight is 298 g/mol. The Kier molecular flexibility index (Phi) is 3.97. The second-order valence-electron chi connectivity index (χ2n) is 5.47. The van der Waals surface area contributed by atoms with Crippen molar-refractivity contribution in [3.8, 4) is 11.3 Å². The summed E-state index contributed by atoms with van der Waals surface area (Å²) in [5.74, 6) is 0.994. The molecule has 0 aliphatic carbocycles. The summed E-state index contributed by atoms with van der Waals surface area (Å²) in [6.45, 7) is 4.15. The molecule has 7 heteroatoms. The van der Waals surface area contributed by atoms with Gasteiger partial charge in [0.2, 0.25) is 0 Å². The van der Waals surface area contributed by atoms with Crippen LogP contribution >= 0.6 is 0 Å². The van der Waals surface area contributed by atoms with E-state index in [0.717, 1.165) is 22.3 Å². The van der Waals surface area contributed by atoms with Crippen molar-refractivity contribution in [2.45, 2.75) is 19.9 Å². The van der Waals surface area contributed by atoms with Gasteiger partial charge in [-0.3, -0.25) is 0 Å².